The molecule has 90 valence electrons. The number of hydrogen-bond acceptors (Lipinski definition) is 4. The van der Waals surface area contributed by atoms with E-state index in [1.807, 2.05) is 50.2 Å². The Morgan fingerprint density at radius 1 is 1.11 bits per heavy atom. The lowest BCUT2D eigenvalue weighted by Crippen LogP contribution is -2.12. The summed E-state index contributed by atoms with van der Waals surface area (Å²) in [6.07, 6.45) is 0. The van der Waals surface area contributed by atoms with Gasteiger partial charge in [-0.25, -0.2) is 9.97 Å². The number of nitrogens with zero attached hydrogens (tertiary/aromatic N) is 4. The minimum absolute atomic E-state index is 0.379. The maximum absolute atomic E-state index is 9.00. The summed E-state index contributed by atoms with van der Waals surface area (Å²) in [7, 11) is 3.78. The average Bonchev–Trinajstić information content (AvgIpc) is 2.39. The maximum Gasteiger partial charge on any atom is 0.162 e. The molecule has 0 unspecified atom stereocenters. The molecule has 0 saturated carbocycles. The second-order valence-corrected chi connectivity index (χ2v) is 4.31. The number of anilines is 1. The Bertz CT molecular complexity index is 594. The SMILES string of the molecule is Cc1ccc(-c2nc(C#N)cc(N(C)C)n2)cc1. The molecule has 2 aromatic rings. The largest absolute Gasteiger partial charge is 0.363 e. The lowest BCUT2D eigenvalue weighted by Gasteiger charge is -2.12. The zero-order valence-electron chi connectivity index (χ0n) is 10.7. The number of rotatable bonds is 2. The minimum Gasteiger partial charge on any atom is -0.363 e. The first kappa shape index (κ1) is 12.1. The third kappa shape index (κ3) is 2.46. The van der Waals surface area contributed by atoms with Gasteiger partial charge in [0.05, 0.1) is 0 Å². The van der Waals surface area contributed by atoms with Crippen molar-refractivity contribution in [2.45, 2.75) is 6.92 Å². The van der Waals surface area contributed by atoms with Crippen LogP contribution in [0.3, 0.4) is 0 Å². The lowest BCUT2D eigenvalue weighted by molar-refractivity contribution is 1.03. The van der Waals surface area contributed by atoms with Crippen LogP contribution in [0.15, 0.2) is 30.3 Å². The van der Waals surface area contributed by atoms with Crippen molar-refractivity contribution in [3.05, 3.63) is 41.6 Å². The van der Waals surface area contributed by atoms with Crippen molar-refractivity contribution in [2.24, 2.45) is 0 Å². The molecule has 0 aliphatic heterocycles. The van der Waals surface area contributed by atoms with Gasteiger partial charge in [-0.15, -0.1) is 0 Å². The maximum atomic E-state index is 9.00. The second-order valence-electron chi connectivity index (χ2n) is 4.31. The molecule has 0 bridgehead atoms. The summed E-state index contributed by atoms with van der Waals surface area (Å²) in [6.45, 7) is 2.03. The minimum atomic E-state index is 0.379. The summed E-state index contributed by atoms with van der Waals surface area (Å²) in [4.78, 5) is 10.5. The number of aryl methyl sites for hydroxylation is 1. The third-order valence-corrected chi connectivity index (χ3v) is 2.60. The van der Waals surface area contributed by atoms with Crippen LogP contribution in [0.1, 0.15) is 11.3 Å². The fraction of sp³-hybridized carbons (Fsp3) is 0.214. The monoisotopic (exact) mass is 238 g/mol. The summed E-state index contributed by atoms with van der Waals surface area (Å²) in [5, 5.41) is 9.00. The van der Waals surface area contributed by atoms with Gasteiger partial charge < -0.3 is 4.90 Å². The molecule has 0 N–H and O–H groups in total. The Labute approximate surface area is 107 Å². The topological polar surface area (TPSA) is 52.8 Å². The van der Waals surface area contributed by atoms with E-state index in [0.717, 1.165) is 11.4 Å². The molecular weight excluding hydrogens is 224 g/mol. The summed E-state index contributed by atoms with van der Waals surface area (Å²) in [5.74, 6) is 1.31. The summed E-state index contributed by atoms with van der Waals surface area (Å²) >= 11 is 0. The first-order valence-electron chi connectivity index (χ1n) is 5.63. The molecule has 2 rings (SSSR count). The van der Waals surface area contributed by atoms with E-state index in [1.54, 1.807) is 6.07 Å². The molecule has 0 spiro atoms. The van der Waals surface area contributed by atoms with E-state index in [0.29, 0.717) is 11.5 Å². The van der Waals surface area contributed by atoms with Gasteiger partial charge >= 0.3 is 0 Å². The van der Waals surface area contributed by atoms with Crippen LogP contribution in [0, 0.1) is 18.3 Å². The quantitative estimate of drug-likeness (QED) is 0.806. The van der Waals surface area contributed by atoms with Gasteiger partial charge in [-0.1, -0.05) is 29.8 Å². The first-order valence-corrected chi connectivity index (χ1v) is 5.63. The molecule has 0 aliphatic rings. The number of benzene rings is 1. The summed E-state index contributed by atoms with van der Waals surface area (Å²) < 4.78 is 0. The van der Waals surface area contributed by atoms with Crippen LogP contribution in [0.5, 0.6) is 0 Å². The van der Waals surface area contributed by atoms with Crippen LogP contribution in [0.4, 0.5) is 5.82 Å². The lowest BCUT2D eigenvalue weighted by atomic mass is 10.1. The Balaban J connectivity index is 2.53. The van der Waals surface area contributed by atoms with Crippen molar-refractivity contribution in [1.29, 1.82) is 5.26 Å². The van der Waals surface area contributed by atoms with E-state index in [9.17, 15) is 0 Å². The van der Waals surface area contributed by atoms with E-state index in [2.05, 4.69) is 16.0 Å². The van der Waals surface area contributed by atoms with Crippen molar-refractivity contribution in [3.8, 4) is 17.5 Å². The van der Waals surface area contributed by atoms with E-state index >= 15 is 0 Å². The summed E-state index contributed by atoms with van der Waals surface area (Å²) in [6, 6.07) is 11.7. The molecule has 18 heavy (non-hydrogen) atoms. The van der Waals surface area contributed by atoms with Gasteiger partial charge in [0.1, 0.15) is 17.6 Å². The van der Waals surface area contributed by atoms with Crippen molar-refractivity contribution in [1.82, 2.24) is 9.97 Å². The van der Waals surface area contributed by atoms with E-state index in [-0.39, 0.29) is 0 Å². The number of aromatic nitrogens is 2. The van der Waals surface area contributed by atoms with Gasteiger partial charge in [0, 0.05) is 25.7 Å². The fourth-order valence-corrected chi connectivity index (χ4v) is 1.55. The fourth-order valence-electron chi connectivity index (χ4n) is 1.55. The molecule has 1 heterocycles. The third-order valence-electron chi connectivity index (χ3n) is 2.60. The normalized spacial score (nSPS) is 9.89. The molecule has 0 radical (unpaired) electrons. The zero-order chi connectivity index (χ0) is 13.1. The Kier molecular flexibility index (Phi) is 3.24. The van der Waals surface area contributed by atoms with Crippen molar-refractivity contribution in [3.63, 3.8) is 0 Å². The second kappa shape index (κ2) is 4.84. The number of hydrogen-bond donors (Lipinski definition) is 0. The van der Waals surface area contributed by atoms with Gasteiger partial charge in [0.15, 0.2) is 5.82 Å². The smallest absolute Gasteiger partial charge is 0.162 e. The molecule has 0 fully saturated rings. The highest BCUT2D eigenvalue weighted by molar-refractivity contribution is 5.59. The van der Waals surface area contributed by atoms with Crippen molar-refractivity contribution in [2.75, 3.05) is 19.0 Å². The van der Waals surface area contributed by atoms with Crippen LogP contribution in [0.2, 0.25) is 0 Å². The predicted octanol–water partition coefficient (Wildman–Crippen LogP) is 2.39. The van der Waals surface area contributed by atoms with Gasteiger partial charge in [-0.2, -0.15) is 5.26 Å². The Hall–Kier alpha value is -2.41. The van der Waals surface area contributed by atoms with Crippen LogP contribution in [0.25, 0.3) is 11.4 Å². The molecule has 0 amide bonds. The molecule has 4 nitrogen and oxygen atoms in total. The van der Waals surface area contributed by atoms with Gasteiger partial charge in [-0.05, 0) is 6.92 Å². The Morgan fingerprint density at radius 2 is 1.78 bits per heavy atom. The van der Waals surface area contributed by atoms with Crippen molar-refractivity contribution >= 4 is 5.82 Å². The van der Waals surface area contributed by atoms with E-state index in [1.165, 1.54) is 5.56 Å². The van der Waals surface area contributed by atoms with Gasteiger partial charge in [0.2, 0.25) is 0 Å². The van der Waals surface area contributed by atoms with Crippen LogP contribution >= 0.6 is 0 Å². The van der Waals surface area contributed by atoms with Crippen LogP contribution in [-0.4, -0.2) is 24.1 Å². The zero-order valence-corrected chi connectivity index (χ0v) is 10.7. The molecule has 4 heteroatoms. The molecular formula is C14H14N4. The van der Waals surface area contributed by atoms with Crippen LogP contribution in [-0.2, 0) is 0 Å². The molecule has 0 saturated heterocycles. The standard InChI is InChI=1S/C14H14N4/c1-10-4-6-11(7-5-10)14-16-12(9-15)8-13(17-14)18(2)3/h4-8H,1-3H3. The molecule has 1 aromatic carbocycles. The van der Waals surface area contributed by atoms with E-state index < -0.39 is 0 Å². The van der Waals surface area contributed by atoms with E-state index in [4.69, 9.17) is 5.26 Å². The van der Waals surface area contributed by atoms with Crippen LogP contribution < -0.4 is 4.90 Å². The summed E-state index contributed by atoms with van der Waals surface area (Å²) in [5.41, 5.74) is 2.48. The van der Waals surface area contributed by atoms with Gasteiger partial charge in [0.25, 0.3) is 0 Å². The molecule has 1 aromatic heterocycles. The van der Waals surface area contributed by atoms with Gasteiger partial charge in [-0.3, -0.25) is 0 Å². The Morgan fingerprint density at radius 3 is 2.33 bits per heavy atom. The van der Waals surface area contributed by atoms with Crippen molar-refractivity contribution < 1.29 is 0 Å². The predicted molar refractivity (Wildman–Crippen MR) is 71.2 cm³/mol. The average molecular weight is 238 g/mol. The number of nitriles is 1. The molecule has 0 aliphatic carbocycles. The highest BCUT2D eigenvalue weighted by Crippen LogP contribution is 2.19. The first-order chi connectivity index (χ1) is 8.60. The highest BCUT2D eigenvalue weighted by Gasteiger charge is 2.07. The highest BCUT2D eigenvalue weighted by atomic mass is 15.1. The molecule has 0 atom stereocenters.